The van der Waals surface area contributed by atoms with E-state index in [9.17, 15) is 10.2 Å². The van der Waals surface area contributed by atoms with Crippen molar-refractivity contribution in [1.82, 2.24) is 0 Å². The number of carboxylic acids is 2. The summed E-state index contributed by atoms with van der Waals surface area (Å²) < 4.78 is 5.55. The highest BCUT2D eigenvalue weighted by Crippen LogP contribution is 2.34. The van der Waals surface area contributed by atoms with Gasteiger partial charge in [-0.2, -0.15) is 0 Å². The molecule has 2 rings (SSSR count). The number of phenols is 2. The second-order valence-corrected chi connectivity index (χ2v) is 6.57. The molecule has 0 aliphatic rings. The van der Waals surface area contributed by atoms with Gasteiger partial charge in [0.15, 0.2) is 11.5 Å². The van der Waals surface area contributed by atoms with Gasteiger partial charge in [0.25, 0.3) is 11.9 Å². The van der Waals surface area contributed by atoms with Crippen LogP contribution in [-0.4, -0.2) is 32.4 Å². The number of hydrogen-bond donors (Lipinski definition) is 4. The van der Waals surface area contributed by atoms with Gasteiger partial charge in [-0.15, -0.1) is 0 Å². The molecule has 0 aliphatic carbocycles. The van der Waals surface area contributed by atoms with Crippen LogP contribution in [-0.2, 0) is 15.0 Å². The molecular formula is C20H26O7. The Morgan fingerprint density at radius 1 is 0.852 bits per heavy atom. The highest BCUT2D eigenvalue weighted by molar-refractivity contribution is 5.63. The molecule has 0 unspecified atom stereocenters. The lowest BCUT2D eigenvalue weighted by molar-refractivity contribution is -0.135. The topological polar surface area (TPSA) is 124 Å². The number of ether oxygens (including phenoxy) is 1. The Labute approximate surface area is 158 Å². The van der Waals surface area contributed by atoms with Gasteiger partial charge in [0, 0.05) is 19.9 Å². The monoisotopic (exact) mass is 378 g/mol. The summed E-state index contributed by atoms with van der Waals surface area (Å²) in [4.78, 5) is 18.0. The smallest absolute Gasteiger partial charge is 0.300 e. The van der Waals surface area contributed by atoms with E-state index < -0.39 is 11.9 Å². The van der Waals surface area contributed by atoms with E-state index in [4.69, 9.17) is 24.5 Å². The van der Waals surface area contributed by atoms with Crippen LogP contribution in [0.25, 0.3) is 0 Å². The zero-order valence-corrected chi connectivity index (χ0v) is 16.1. The normalized spacial score (nSPS) is 9.81. The molecule has 0 aliphatic heterocycles. The van der Waals surface area contributed by atoms with Gasteiger partial charge in [-0.1, -0.05) is 32.9 Å². The average Bonchev–Trinajstić information content (AvgIpc) is 2.49. The molecule has 0 saturated carbocycles. The summed E-state index contributed by atoms with van der Waals surface area (Å²) in [5.74, 6) is -0.755. The average molecular weight is 378 g/mol. The Morgan fingerprint density at radius 3 is 1.70 bits per heavy atom. The number of carbonyl (C=O) groups is 2. The molecule has 4 N–H and O–H groups in total. The van der Waals surface area contributed by atoms with E-state index >= 15 is 0 Å². The van der Waals surface area contributed by atoms with Crippen LogP contribution in [0.1, 0.15) is 40.2 Å². The summed E-state index contributed by atoms with van der Waals surface area (Å²) in [5.41, 5.74) is 1.30. The minimum atomic E-state index is -0.833. The van der Waals surface area contributed by atoms with Crippen molar-refractivity contribution in [1.29, 1.82) is 0 Å². The lowest BCUT2D eigenvalue weighted by Crippen LogP contribution is -2.10. The van der Waals surface area contributed by atoms with Crippen molar-refractivity contribution in [3.8, 4) is 23.0 Å². The summed E-state index contributed by atoms with van der Waals surface area (Å²) in [6, 6.07) is 11.9. The fourth-order valence-corrected chi connectivity index (χ4v) is 1.73. The molecule has 2 aromatic rings. The van der Waals surface area contributed by atoms with Gasteiger partial charge in [0.05, 0.1) is 0 Å². The molecule has 0 amide bonds. The molecule has 27 heavy (non-hydrogen) atoms. The first kappa shape index (κ1) is 23.8. The molecule has 0 fully saturated rings. The third kappa shape index (κ3) is 11.1. The third-order valence-electron chi connectivity index (χ3n) is 2.89. The molecule has 0 aromatic heterocycles. The van der Waals surface area contributed by atoms with Gasteiger partial charge in [0.2, 0.25) is 0 Å². The minimum absolute atomic E-state index is 0.00213. The highest BCUT2D eigenvalue weighted by atomic mass is 16.5. The molecule has 7 heteroatoms. The minimum Gasteiger partial charge on any atom is -0.508 e. The Kier molecular flexibility index (Phi) is 9.42. The van der Waals surface area contributed by atoms with Crippen LogP contribution < -0.4 is 4.74 Å². The summed E-state index contributed by atoms with van der Waals surface area (Å²) in [6.07, 6.45) is 0. The van der Waals surface area contributed by atoms with Crippen LogP contribution in [0, 0.1) is 0 Å². The van der Waals surface area contributed by atoms with E-state index in [1.165, 1.54) is 23.8 Å². The second kappa shape index (κ2) is 10.7. The number of aliphatic carboxylic acids is 2. The molecule has 7 nitrogen and oxygen atoms in total. The van der Waals surface area contributed by atoms with Crippen molar-refractivity contribution < 1.29 is 34.8 Å². The number of rotatable bonds is 2. The van der Waals surface area contributed by atoms with E-state index in [1.807, 2.05) is 24.3 Å². The van der Waals surface area contributed by atoms with Crippen molar-refractivity contribution in [2.75, 3.05) is 0 Å². The zero-order chi connectivity index (χ0) is 21.2. The van der Waals surface area contributed by atoms with Crippen LogP contribution in [0.2, 0.25) is 0 Å². The SMILES string of the molecule is CC(=O)O.CC(=O)O.CC(C)(C)c1ccc(Oc2cc(O)ccc2O)cc1. The second-order valence-electron chi connectivity index (χ2n) is 6.57. The first-order valence-corrected chi connectivity index (χ1v) is 8.02. The van der Waals surface area contributed by atoms with Crippen molar-refractivity contribution in [3.05, 3.63) is 48.0 Å². The first-order valence-electron chi connectivity index (χ1n) is 8.02. The number of phenolic OH excluding ortho intramolecular Hbond substituents is 2. The number of benzene rings is 2. The van der Waals surface area contributed by atoms with Gasteiger partial charge in [-0.25, -0.2) is 0 Å². The van der Waals surface area contributed by atoms with Gasteiger partial charge >= 0.3 is 0 Å². The molecule has 0 radical (unpaired) electrons. The predicted molar refractivity (Wildman–Crippen MR) is 102 cm³/mol. The van der Waals surface area contributed by atoms with Gasteiger partial charge in [-0.05, 0) is 35.2 Å². The van der Waals surface area contributed by atoms with Crippen LogP contribution in [0.5, 0.6) is 23.0 Å². The fourth-order valence-electron chi connectivity index (χ4n) is 1.73. The Morgan fingerprint density at radius 2 is 1.30 bits per heavy atom. The maximum absolute atomic E-state index is 9.64. The number of aromatic hydroxyl groups is 2. The lowest BCUT2D eigenvalue weighted by atomic mass is 9.87. The first-order chi connectivity index (χ1) is 12.3. The summed E-state index contributed by atoms with van der Waals surface area (Å²) >= 11 is 0. The van der Waals surface area contributed by atoms with Crippen molar-refractivity contribution in [3.63, 3.8) is 0 Å². The number of carboxylic acid groups (broad SMARTS) is 2. The van der Waals surface area contributed by atoms with Crippen LogP contribution >= 0.6 is 0 Å². The summed E-state index contributed by atoms with van der Waals surface area (Å²) in [7, 11) is 0. The van der Waals surface area contributed by atoms with Crippen molar-refractivity contribution >= 4 is 11.9 Å². The maximum Gasteiger partial charge on any atom is 0.300 e. The third-order valence-corrected chi connectivity index (χ3v) is 2.89. The molecule has 0 spiro atoms. The maximum atomic E-state index is 9.64. The standard InChI is InChI=1S/C16H18O3.2C2H4O2/c1-16(2,3)11-4-7-13(8-5-11)19-15-10-12(17)6-9-14(15)18;2*1-2(3)4/h4-10,17-18H,1-3H3;2*1H3,(H,3,4). The van der Waals surface area contributed by atoms with E-state index in [0.29, 0.717) is 5.75 Å². The van der Waals surface area contributed by atoms with Gasteiger partial charge in [0.1, 0.15) is 11.5 Å². The highest BCUT2D eigenvalue weighted by Gasteiger charge is 2.13. The van der Waals surface area contributed by atoms with Gasteiger partial charge < -0.3 is 25.2 Å². The van der Waals surface area contributed by atoms with E-state index in [-0.39, 0.29) is 22.7 Å². The summed E-state index contributed by atoms with van der Waals surface area (Å²) in [5, 5.41) is 33.9. The van der Waals surface area contributed by atoms with Crippen molar-refractivity contribution in [2.45, 2.75) is 40.0 Å². The van der Waals surface area contributed by atoms with Crippen LogP contribution in [0.15, 0.2) is 42.5 Å². The molecule has 2 aromatic carbocycles. The Hall–Kier alpha value is -3.22. The molecule has 0 bridgehead atoms. The van der Waals surface area contributed by atoms with E-state index in [1.54, 1.807) is 0 Å². The molecule has 148 valence electrons. The molecular weight excluding hydrogens is 352 g/mol. The van der Waals surface area contributed by atoms with E-state index in [0.717, 1.165) is 13.8 Å². The fraction of sp³-hybridized carbons (Fsp3) is 0.300. The van der Waals surface area contributed by atoms with E-state index in [2.05, 4.69) is 20.8 Å². The Balaban J connectivity index is 0.000000718. The number of hydrogen-bond acceptors (Lipinski definition) is 5. The predicted octanol–water partition coefficient (Wildman–Crippen LogP) is 4.37. The lowest BCUT2D eigenvalue weighted by Gasteiger charge is -2.19. The summed E-state index contributed by atoms with van der Waals surface area (Å²) in [6.45, 7) is 8.60. The van der Waals surface area contributed by atoms with Crippen molar-refractivity contribution in [2.24, 2.45) is 0 Å². The largest absolute Gasteiger partial charge is 0.508 e. The van der Waals surface area contributed by atoms with Crippen LogP contribution in [0.4, 0.5) is 0 Å². The van der Waals surface area contributed by atoms with Crippen LogP contribution in [0.3, 0.4) is 0 Å². The molecule has 0 atom stereocenters. The zero-order valence-electron chi connectivity index (χ0n) is 16.1. The molecule has 0 saturated heterocycles. The Bertz CT molecular complexity index is 724. The molecule has 0 heterocycles. The van der Waals surface area contributed by atoms with Gasteiger partial charge in [-0.3, -0.25) is 9.59 Å². The quantitative estimate of drug-likeness (QED) is 0.572.